The molecule has 0 aliphatic rings. The number of rotatable bonds is 3. The van der Waals surface area contributed by atoms with Gasteiger partial charge in [-0.15, -0.1) is 0 Å². The average Bonchev–Trinajstić information content (AvgIpc) is 2.34. The third kappa shape index (κ3) is 2.23. The van der Waals surface area contributed by atoms with E-state index in [1.54, 1.807) is 6.92 Å². The minimum Gasteiger partial charge on any atom is -0.392 e. The Kier molecular flexibility index (Phi) is 4.02. The topological polar surface area (TPSA) is 116 Å². The SMILES string of the molecule is Cc1ncc([N+](=O)[O-])n1CCO.N. The second kappa shape index (κ2) is 4.53. The number of imidazole rings is 1. The summed E-state index contributed by atoms with van der Waals surface area (Å²) in [5.41, 5.74) is 0. The molecule has 0 aromatic carbocycles. The van der Waals surface area contributed by atoms with Gasteiger partial charge >= 0.3 is 5.82 Å². The van der Waals surface area contributed by atoms with Gasteiger partial charge in [0.05, 0.1) is 6.61 Å². The van der Waals surface area contributed by atoms with Crippen molar-refractivity contribution < 1.29 is 10.0 Å². The number of aromatic nitrogens is 2. The lowest BCUT2D eigenvalue weighted by atomic mass is 10.6. The maximum Gasteiger partial charge on any atom is 0.342 e. The summed E-state index contributed by atoms with van der Waals surface area (Å²) in [6.45, 7) is 1.74. The summed E-state index contributed by atoms with van der Waals surface area (Å²) in [6, 6.07) is 0. The lowest BCUT2D eigenvalue weighted by Gasteiger charge is -1.98. The zero-order valence-corrected chi connectivity index (χ0v) is 7.30. The van der Waals surface area contributed by atoms with Gasteiger partial charge in [0, 0.05) is 6.92 Å². The van der Waals surface area contributed by atoms with Crippen LogP contribution in [0, 0.1) is 17.0 Å². The van der Waals surface area contributed by atoms with Gasteiger partial charge in [0.25, 0.3) is 0 Å². The summed E-state index contributed by atoms with van der Waals surface area (Å²) >= 11 is 0. The van der Waals surface area contributed by atoms with E-state index in [0.29, 0.717) is 5.82 Å². The van der Waals surface area contributed by atoms with Crippen LogP contribution in [0.3, 0.4) is 0 Å². The quantitative estimate of drug-likeness (QED) is 0.521. The van der Waals surface area contributed by atoms with E-state index < -0.39 is 4.92 Å². The molecular formula is C6H12N4O3. The van der Waals surface area contributed by atoms with Gasteiger partial charge in [-0.05, 0) is 4.92 Å². The first-order valence-electron chi connectivity index (χ1n) is 3.44. The average molecular weight is 188 g/mol. The fourth-order valence-electron chi connectivity index (χ4n) is 0.978. The number of hydrogen-bond acceptors (Lipinski definition) is 5. The standard InChI is InChI=1S/C6H9N3O3.H3N/c1-5-7-4-6(9(11)12)8(5)2-3-10;/h4,10H,2-3H2,1H3;1H3. The molecule has 74 valence electrons. The predicted octanol–water partition coefficient (Wildman–Crippen LogP) is 0.254. The van der Waals surface area contributed by atoms with Crippen LogP contribution < -0.4 is 6.15 Å². The van der Waals surface area contributed by atoms with Gasteiger partial charge in [-0.3, -0.25) is 0 Å². The van der Waals surface area contributed by atoms with Gasteiger partial charge in [0.15, 0.2) is 5.82 Å². The molecule has 0 radical (unpaired) electrons. The molecule has 7 nitrogen and oxygen atoms in total. The van der Waals surface area contributed by atoms with E-state index in [2.05, 4.69) is 4.98 Å². The Morgan fingerprint density at radius 2 is 2.38 bits per heavy atom. The summed E-state index contributed by atoms with van der Waals surface area (Å²) in [7, 11) is 0. The number of nitro groups is 1. The molecule has 0 aliphatic heterocycles. The van der Waals surface area contributed by atoms with Crippen molar-refractivity contribution in [1.82, 2.24) is 15.7 Å². The molecule has 0 atom stereocenters. The molecular weight excluding hydrogens is 176 g/mol. The van der Waals surface area contributed by atoms with Gasteiger partial charge < -0.3 is 21.4 Å². The van der Waals surface area contributed by atoms with Crippen LogP contribution in [-0.2, 0) is 6.54 Å². The Morgan fingerprint density at radius 3 is 2.85 bits per heavy atom. The summed E-state index contributed by atoms with van der Waals surface area (Å²) in [5.74, 6) is 0.456. The molecule has 4 N–H and O–H groups in total. The molecule has 0 bridgehead atoms. The van der Waals surface area contributed by atoms with Crippen molar-refractivity contribution >= 4 is 5.82 Å². The fourth-order valence-corrected chi connectivity index (χ4v) is 0.978. The van der Waals surface area contributed by atoms with Crippen LogP contribution in [0.15, 0.2) is 6.20 Å². The summed E-state index contributed by atoms with van der Waals surface area (Å²) < 4.78 is 1.36. The van der Waals surface area contributed by atoms with E-state index in [0.717, 1.165) is 0 Å². The first-order valence-corrected chi connectivity index (χ1v) is 3.44. The second-order valence-electron chi connectivity index (χ2n) is 2.30. The van der Waals surface area contributed by atoms with Gasteiger partial charge in [0.1, 0.15) is 12.7 Å². The van der Waals surface area contributed by atoms with E-state index >= 15 is 0 Å². The number of nitrogens with zero attached hydrogens (tertiary/aromatic N) is 3. The molecule has 0 saturated heterocycles. The van der Waals surface area contributed by atoms with Crippen LogP contribution in [0.2, 0.25) is 0 Å². The lowest BCUT2D eigenvalue weighted by molar-refractivity contribution is -0.392. The molecule has 1 aromatic heterocycles. The smallest absolute Gasteiger partial charge is 0.342 e. The minimum atomic E-state index is -0.518. The zero-order valence-electron chi connectivity index (χ0n) is 7.30. The molecule has 0 unspecified atom stereocenters. The van der Waals surface area contributed by atoms with Crippen LogP contribution >= 0.6 is 0 Å². The summed E-state index contributed by atoms with van der Waals surface area (Å²) in [6.07, 6.45) is 1.19. The Labute approximate surface area is 74.7 Å². The first kappa shape index (κ1) is 11.5. The highest BCUT2D eigenvalue weighted by Gasteiger charge is 2.15. The molecule has 0 spiro atoms. The van der Waals surface area contributed by atoms with Crippen LogP contribution in [0.5, 0.6) is 0 Å². The predicted molar refractivity (Wildman–Crippen MR) is 45.7 cm³/mol. The molecule has 1 rings (SSSR count). The first-order chi connectivity index (χ1) is 5.66. The van der Waals surface area contributed by atoms with Gasteiger partial charge in [-0.25, -0.2) is 9.55 Å². The number of aliphatic hydroxyl groups excluding tert-OH is 1. The maximum atomic E-state index is 10.4. The monoisotopic (exact) mass is 188 g/mol. The van der Waals surface area contributed by atoms with E-state index in [4.69, 9.17) is 5.11 Å². The largest absolute Gasteiger partial charge is 0.392 e. The zero-order chi connectivity index (χ0) is 9.14. The van der Waals surface area contributed by atoms with Gasteiger partial charge in [0.2, 0.25) is 0 Å². The van der Waals surface area contributed by atoms with Crippen molar-refractivity contribution in [3.05, 3.63) is 22.1 Å². The number of aryl methyl sites for hydroxylation is 1. The van der Waals surface area contributed by atoms with Crippen molar-refractivity contribution in [1.29, 1.82) is 0 Å². The summed E-state index contributed by atoms with van der Waals surface area (Å²) in [5, 5.41) is 19.0. The van der Waals surface area contributed by atoms with E-state index in [1.165, 1.54) is 10.8 Å². The molecule has 0 saturated carbocycles. The summed E-state index contributed by atoms with van der Waals surface area (Å²) in [4.78, 5) is 13.6. The Balaban J connectivity index is 0.00000144. The van der Waals surface area contributed by atoms with Crippen LogP contribution in [0.25, 0.3) is 0 Å². The molecule has 0 amide bonds. The molecule has 7 heteroatoms. The molecule has 0 fully saturated rings. The highest BCUT2D eigenvalue weighted by molar-refractivity contribution is 5.18. The van der Waals surface area contributed by atoms with Crippen LogP contribution in [0.1, 0.15) is 5.82 Å². The number of hydrogen-bond donors (Lipinski definition) is 2. The van der Waals surface area contributed by atoms with Crippen molar-refractivity contribution in [2.24, 2.45) is 0 Å². The van der Waals surface area contributed by atoms with Crippen LogP contribution in [-0.4, -0.2) is 26.2 Å². The highest BCUT2D eigenvalue weighted by Crippen LogP contribution is 2.12. The molecule has 1 aromatic rings. The Hall–Kier alpha value is -1.47. The Bertz CT molecular complexity index is 296. The third-order valence-electron chi connectivity index (χ3n) is 1.54. The second-order valence-corrected chi connectivity index (χ2v) is 2.30. The molecule has 13 heavy (non-hydrogen) atoms. The van der Waals surface area contributed by atoms with Crippen molar-refractivity contribution in [3.63, 3.8) is 0 Å². The van der Waals surface area contributed by atoms with Gasteiger partial charge in [-0.1, -0.05) is 0 Å². The highest BCUT2D eigenvalue weighted by atomic mass is 16.6. The van der Waals surface area contributed by atoms with Crippen molar-refractivity contribution in [2.75, 3.05) is 6.61 Å². The van der Waals surface area contributed by atoms with Crippen molar-refractivity contribution in [2.45, 2.75) is 13.5 Å². The van der Waals surface area contributed by atoms with Crippen LogP contribution in [0.4, 0.5) is 5.82 Å². The van der Waals surface area contributed by atoms with E-state index in [9.17, 15) is 10.1 Å². The van der Waals surface area contributed by atoms with E-state index in [1.807, 2.05) is 0 Å². The fraction of sp³-hybridized carbons (Fsp3) is 0.500. The van der Waals surface area contributed by atoms with Gasteiger partial charge in [-0.2, -0.15) is 0 Å². The van der Waals surface area contributed by atoms with E-state index in [-0.39, 0.29) is 25.1 Å². The minimum absolute atomic E-state index is 0. The third-order valence-corrected chi connectivity index (χ3v) is 1.54. The molecule has 1 heterocycles. The Morgan fingerprint density at radius 1 is 1.77 bits per heavy atom. The molecule has 0 aliphatic carbocycles. The van der Waals surface area contributed by atoms with Crippen molar-refractivity contribution in [3.8, 4) is 0 Å². The normalized spacial score (nSPS) is 9.38. The number of aliphatic hydroxyl groups is 1. The lowest BCUT2D eigenvalue weighted by Crippen LogP contribution is -2.07. The maximum absolute atomic E-state index is 10.4.